The molecule has 37 heavy (non-hydrogen) atoms. The molecule has 0 bridgehead atoms. The van der Waals surface area contributed by atoms with Gasteiger partial charge in [0.05, 0.1) is 18.6 Å². The van der Waals surface area contributed by atoms with E-state index in [-0.39, 0.29) is 5.91 Å². The molecule has 4 aromatic rings. The standard InChI is InChI=1S/C31H33N3O3/c1-4-36-29-19-30-27(28(21-37-30)24-10-8-22(2)9-11-24)18-26(29)23(3)17-31(35)34-15-13-33(14-16-34)20-25-7-5-6-12-32-25/h5-12,17-19,21H,4,13-16,20H2,1-3H3/b23-17+. The third kappa shape index (κ3) is 5.59. The molecule has 6 nitrogen and oxygen atoms in total. The van der Waals surface area contributed by atoms with Crippen LogP contribution in [0.4, 0.5) is 0 Å². The van der Waals surface area contributed by atoms with E-state index < -0.39 is 0 Å². The van der Waals surface area contributed by atoms with Crippen molar-refractivity contribution in [3.05, 3.63) is 90.0 Å². The molecule has 0 atom stereocenters. The van der Waals surface area contributed by atoms with E-state index in [9.17, 15) is 4.79 Å². The molecule has 0 aliphatic carbocycles. The summed E-state index contributed by atoms with van der Waals surface area (Å²) >= 11 is 0. The number of hydrogen-bond donors (Lipinski definition) is 0. The molecule has 0 spiro atoms. The number of carbonyl (C=O) groups is 1. The predicted octanol–water partition coefficient (Wildman–Crippen LogP) is 5.95. The SMILES string of the molecule is CCOc1cc2occ(-c3ccc(C)cc3)c2cc1/C(C)=C/C(=O)N1CCN(Cc2ccccn2)CC1. The summed E-state index contributed by atoms with van der Waals surface area (Å²) in [4.78, 5) is 21.9. The molecule has 0 saturated carbocycles. The molecule has 190 valence electrons. The van der Waals surface area contributed by atoms with E-state index in [1.807, 2.05) is 49.2 Å². The molecule has 0 N–H and O–H groups in total. The van der Waals surface area contributed by atoms with Crippen LogP contribution < -0.4 is 4.74 Å². The van der Waals surface area contributed by atoms with Gasteiger partial charge < -0.3 is 14.1 Å². The summed E-state index contributed by atoms with van der Waals surface area (Å²) < 4.78 is 11.9. The Balaban J connectivity index is 1.35. The van der Waals surface area contributed by atoms with Crippen LogP contribution in [0.1, 0.15) is 30.7 Å². The van der Waals surface area contributed by atoms with Crippen LogP contribution in [-0.4, -0.2) is 53.5 Å². The number of amides is 1. The zero-order chi connectivity index (χ0) is 25.8. The first-order valence-corrected chi connectivity index (χ1v) is 12.9. The molecule has 6 heteroatoms. The van der Waals surface area contributed by atoms with E-state index in [0.29, 0.717) is 19.7 Å². The first kappa shape index (κ1) is 24.8. The second-order valence-electron chi connectivity index (χ2n) is 9.54. The average Bonchev–Trinajstić information content (AvgIpc) is 3.32. The largest absolute Gasteiger partial charge is 0.493 e. The number of nitrogens with zero attached hydrogens (tertiary/aromatic N) is 3. The minimum absolute atomic E-state index is 0.0310. The van der Waals surface area contributed by atoms with Gasteiger partial charge in [-0.25, -0.2) is 0 Å². The molecule has 1 fully saturated rings. The number of hydrogen-bond acceptors (Lipinski definition) is 5. The number of ether oxygens (including phenoxy) is 1. The van der Waals surface area contributed by atoms with Crippen molar-refractivity contribution in [2.45, 2.75) is 27.3 Å². The Morgan fingerprint density at radius 1 is 1.08 bits per heavy atom. The number of rotatable bonds is 7. The predicted molar refractivity (Wildman–Crippen MR) is 147 cm³/mol. The van der Waals surface area contributed by atoms with Crippen LogP contribution in [0.5, 0.6) is 5.75 Å². The summed E-state index contributed by atoms with van der Waals surface area (Å²) in [6, 6.07) is 18.4. The number of allylic oxidation sites excluding steroid dienone is 1. The Morgan fingerprint density at radius 3 is 2.57 bits per heavy atom. The highest BCUT2D eigenvalue weighted by molar-refractivity contribution is 6.00. The van der Waals surface area contributed by atoms with Crippen LogP contribution in [0.3, 0.4) is 0 Å². The smallest absolute Gasteiger partial charge is 0.246 e. The third-order valence-electron chi connectivity index (χ3n) is 6.90. The Bertz CT molecular complexity index is 1400. The van der Waals surface area contributed by atoms with Crippen LogP contribution in [0.2, 0.25) is 0 Å². The minimum Gasteiger partial charge on any atom is -0.493 e. The second-order valence-corrected chi connectivity index (χ2v) is 9.54. The lowest BCUT2D eigenvalue weighted by Crippen LogP contribution is -2.47. The van der Waals surface area contributed by atoms with Crippen LogP contribution in [0, 0.1) is 6.92 Å². The van der Waals surface area contributed by atoms with E-state index in [1.54, 1.807) is 12.3 Å². The number of fused-ring (bicyclic) bond motifs is 1. The van der Waals surface area contributed by atoms with E-state index >= 15 is 0 Å². The van der Waals surface area contributed by atoms with Crippen molar-refractivity contribution in [2.24, 2.45) is 0 Å². The zero-order valence-corrected chi connectivity index (χ0v) is 21.7. The van der Waals surface area contributed by atoms with Crippen LogP contribution in [0.15, 0.2) is 77.6 Å². The average molecular weight is 496 g/mol. The maximum absolute atomic E-state index is 13.2. The first-order chi connectivity index (χ1) is 18.0. The van der Waals surface area contributed by atoms with Gasteiger partial charge in [-0.3, -0.25) is 14.7 Å². The Hall–Kier alpha value is -3.90. The summed E-state index contributed by atoms with van der Waals surface area (Å²) in [6.45, 7) is 10.4. The first-order valence-electron chi connectivity index (χ1n) is 12.9. The number of carbonyl (C=O) groups excluding carboxylic acids is 1. The number of benzene rings is 2. The van der Waals surface area contributed by atoms with Crippen molar-refractivity contribution >= 4 is 22.4 Å². The fraction of sp³-hybridized carbons (Fsp3) is 0.290. The molecule has 1 amide bonds. The van der Waals surface area contributed by atoms with Crippen molar-refractivity contribution in [1.29, 1.82) is 0 Å². The maximum atomic E-state index is 13.2. The quantitative estimate of drug-likeness (QED) is 0.297. The lowest BCUT2D eigenvalue weighted by molar-refractivity contribution is -0.127. The van der Waals surface area contributed by atoms with Gasteiger partial charge in [-0.2, -0.15) is 0 Å². The Morgan fingerprint density at radius 2 is 1.86 bits per heavy atom. The van der Waals surface area contributed by atoms with Crippen molar-refractivity contribution in [3.63, 3.8) is 0 Å². The topological polar surface area (TPSA) is 58.8 Å². The van der Waals surface area contributed by atoms with Crippen molar-refractivity contribution in [1.82, 2.24) is 14.8 Å². The van der Waals surface area contributed by atoms with Gasteiger partial charge in [-0.05, 0) is 50.1 Å². The normalized spacial score (nSPS) is 14.8. The highest BCUT2D eigenvalue weighted by Gasteiger charge is 2.21. The summed E-state index contributed by atoms with van der Waals surface area (Å²) in [5.74, 6) is 0.755. The van der Waals surface area contributed by atoms with E-state index in [2.05, 4.69) is 47.1 Å². The number of piperazine rings is 1. The van der Waals surface area contributed by atoms with Gasteiger partial charge in [0.2, 0.25) is 5.91 Å². The lowest BCUT2D eigenvalue weighted by atomic mass is 9.98. The fourth-order valence-electron chi connectivity index (χ4n) is 4.80. The molecular weight excluding hydrogens is 462 g/mol. The Labute approximate surface area is 218 Å². The van der Waals surface area contributed by atoms with Gasteiger partial charge in [0.25, 0.3) is 0 Å². The molecular formula is C31H33N3O3. The zero-order valence-electron chi connectivity index (χ0n) is 21.7. The van der Waals surface area contributed by atoms with Gasteiger partial charge in [-0.15, -0.1) is 0 Å². The number of aromatic nitrogens is 1. The molecule has 5 rings (SSSR count). The fourth-order valence-corrected chi connectivity index (χ4v) is 4.80. The molecule has 0 radical (unpaired) electrons. The molecule has 2 aromatic carbocycles. The summed E-state index contributed by atoms with van der Waals surface area (Å²) in [7, 11) is 0. The van der Waals surface area contributed by atoms with Gasteiger partial charge >= 0.3 is 0 Å². The van der Waals surface area contributed by atoms with E-state index in [0.717, 1.165) is 64.3 Å². The van der Waals surface area contributed by atoms with Gasteiger partial charge in [0, 0.05) is 67.6 Å². The highest BCUT2D eigenvalue weighted by Crippen LogP contribution is 2.37. The minimum atomic E-state index is 0.0310. The number of aryl methyl sites for hydroxylation is 1. The van der Waals surface area contributed by atoms with Crippen LogP contribution in [0.25, 0.3) is 27.7 Å². The molecule has 3 heterocycles. The summed E-state index contributed by atoms with van der Waals surface area (Å²) in [5.41, 5.74) is 6.95. The second kappa shape index (κ2) is 11.0. The summed E-state index contributed by atoms with van der Waals surface area (Å²) in [6.07, 6.45) is 5.36. The van der Waals surface area contributed by atoms with Crippen molar-refractivity contribution in [2.75, 3.05) is 32.8 Å². The van der Waals surface area contributed by atoms with Crippen LogP contribution in [-0.2, 0) is 11.3 Å². The van der Waals surface area contributed by atoms with E-state index in [1.165, 1.54) is 5.56 Å². The van der Waals surface area contributed by atoms with Gasteiger partial charge in [-0.1, -0.05) is 35.9 Å². The van der Waals surface area contributed by atoms with E-state index in [4.69, 9.17) is 9.15 Å². The van der Waals surface area contributed by atoms with Crippen molar-refractivity contribution < 1.29 is 13.9 Å². The number of furan rings is 1. The Kier molecular flexibility index (Phi) is 7.37. The van der Waals surface area contributed by atoms with Crippen LogP contribution >= 0.6 is 0 Å². The molecule has 1 aliphatic rings. The lowest BCUT2D eigenvalue weighted by Gasteiger charge is -2.34. The van der Waals surface area contributed by atoms with Crippen molar-refractivity contribution in [3.8, 4) is 16.9 Å². The highest BCUT2D eigenvalue weighted by atomic mass is 16.5. The molecule has 2 aromatic heterocycles. The molecule has 0 unspecified atom stereocenters. The maximum Gasteiger partial charge on any atom is 0.246 e. The molecule has 1 aliphatic heterocycles. The summed E-state index contributed by atoms with van der Waals surface area (Å²) in [5, 5.41) is 1.01. The number of pyridine rings is 1. The monoisotopic (exact) mass is 495 g/mol. The third-order valence-corrected chi connectivity index (χ3v) is 6.90. The van der Waals surface area contributed by atoms with Gasteiger partial charge in [0.15, 0.2) is 0 Å². The van der Waals surface area contributed by atoms with Gasteiger partial charge in [0.1, 0.15) is 11.3 Å². The molecule has 1 saturated heterocycles.